The Hall–Kier alpha value is -2.99. The van der Waals surface area contributed by atoms with Crippen molar-refractivity contribution in [1.82, 2.24) is 20.5 Å². The van der Waals surface area contributed by atoms with Crippen molar-refractivity contribution in [2.24, 2.45) is 5.92 Å². The highest BCUT2D eigenvalue weighted by Crippen LogP contribution is 2.24. The number of benzene rings is 1. The molecule has 29 heavy (non-hydrogen) atoms. The van der Waals surface area contributed by atoms with Crippen LogP contribution < -0.4 is 10.2 Å². The van der Waals surface area contributed by atoms with E-state index in [0.29, 0.717) is 11.6 Å². The Bertz CT molecular complexity index is 939. The minimum atomic E-state index is 0.0243. The Morgan fingerprint density at radius 3 is 2.48 bits per heavy atom. The standard InChI is InChI=1S/C22H22ClN5O/c23-18-6-4-16(5-7-18)20-8-9-21(27-26-20)28-13-10-17(11-14-28)22(29)25-15-19-3-1-2-12-24-19/h1-9,12,17H,10-11,13-15H2,(H,25,29). The van der Waals surface area contributed by atoms with Gasteiger partial charge in [0.25, 0.3) is 0 Å². The summed E-state index contributed by atoms with van der Waals surface area (Å²) in [6.45, 7) is 2.05. The maximum atomic E-state index is 12.4. The Morgan fingerprint density at radius 2 is 1.83 bits per heavy atom. The van der Waals surface area contributed by atoms with Gasteiger partial charge in [-0.05, 0) is 49.2 Å². The SMILES string of the molecule is O=C(NCc1ccccn1)C1CCN(c2ccc(-c3ccc(Cl)cc3)nn2)CC1. The summed E-state index contributed by atoms with van der Waals surface area (Å²) in [5.74, 6) is 0.964. The monoisotopic (exact) mass is 407 g/mol. The molecule has 0 atom stereocenters. The van der Waals surface area contributed by atoms with Crippen molar-refractivity contribution in [2.75, 3.05) is 18.0 Å². The number of rotatable bonds is 5. The third kappa shape index (κ3) is 4.90. The molecule has 1 aliphatic heterocycles. The van der Waals surface area contributed by atoms with Crippen molar-refractivity contribution in [1.29, 1.82) is 0 Å². The van der Waals surface area contributed by atoms with E-state index in [1.165, 1.54) is 0 Å². The normalized spacial score (nSPS) is 14.6. The molecule has 7 heteroatoms. The van der Waals surface area contributed by atoms with Crippen molar-refractivity contribution >= 4 is 23.3 Å². The van der Waals surface area contributed by atoms with E-state index < -0.39 is 0 Å². The molecule has 1 aromatic carbocycles. The zero-order valence-corrected chi connectivity index (χ0v) is 16.7. The van der Waals surface area contributed by atoms with E-state index >= 15 is 0 Å². The van der Waals surface area contributed by atoms with Gasteiger partial charge < -0.3 is 10.2 Å². The van der Waals surface area contributed by atoms with Crippen LogP contribution >= 0.6 is 11.6 Å². The lowest BCUT2D eigenvalue weighted by molar-refractivity contribution is -0.125. The second kappa shape index (κ2) is 9.01. The summed E-state index contributed by atoms with van der Waals surface area (Å²) in [6.07, 6.45) is 3.34. The van der Waals surface area contributed by atoms with E-state index in [2.05, 4.69) is 25.4 Å². The molecular formula is C22H22ClN5O. The minimum absolute atomic E-state index is 0.0243. The number of carbonyl (C=O) groups excluding carboxylic acids is 1. The molecule has 0 radical (unpaired) electrons. The summed E-state index contributed by atoms with van der Waals surface area (Å²) in [7, 11) is 0. The molecule has 6 nitrogen and oxygen atoms in total. The lowest BCUT2D eigenvalue weighted by Crippen LogP contribution is -2.40. The highest BCUT2D eigenvalue weighted by molar-refractivity contribution is 6.30. The largest absolute Gasteiger partial charge is 0.355 e. The van der Waals surface area contributed by atoms with Crippen LogP contribution in [0.1, 0.15) is 18.5 Å². The molecule has 2 aromatic heterocycles. The van der Waals surface area contributed by atoms with Crippen molar-refractivity contribution in [3.05, 3.63) is 71.5 Å². The molecule has 1 amide bonds. The van der Waals surface area contributed by atoms with Crippen molar-refractivity contribution < 1.29 is 4.79 Å². The number of nitrogens with zero attached hydrogens (tertiary/aromatic N) is 4. The van der Waals surface area contributed by atoms with Crippen LogP contribution in [-0.4, -0.2) is 34.2 Å². The fourth-order valence-electron chi connectivity index (χ4n) is 3.46. The molecule has 0 spiro atoms. The molecule has 1 aliphatic rings. The first-order chi connectivity index (χ1) is 14.2. The van der Waals surface area contributed by atoms with E-state index in [9.17, 15) is 4.79 Å². The first-order valence-corrected chi connectivity index (χ1v) is 10.1. The summed E-state index contributed by atoms with van der Waals surface area (Å²) in [4.78, 5) is 18.9. The number of carbonyl (C=O) groups is 1. The topological polar surface area (TPSA) is 71.0 Å². The van der Waals surface area contributed by atoms with Gasteiger partial charge in [0.05, 0.1) is 17.9 Å². The van der Waals surface area contributed by atoms with Crippen LogP contribution in [0.4, 0.5) is 5.82 Å². The Morgan fingerprint density at radius 1 is 1.03 bits per heavy atom. The van der Waals surface area contributed by atoms with Crippen LogP contribution in [0.25, 0.3) is 11.3 Å². The zero-order valence-electron chi connectivity index (χ0n) is 16.0. The number of nitrogens with one attached hydrogen (secondary N) is 1. The van der Waals surface area contributed by atoms with E-state index in [-0.39, 0.29) is 11.8 Å². The van der Waals surface area contributed by atoms with Gasteiger partial charge in [0.15, 0.2) is 5.82 Å². The molecule has 3 aromatic rings. The second-order valence-electron chi connectivity index (χ2n) is 7.08. The number of amides is 1. The number of anilines is 1. The molecule has 0 aliphatic carbocycles. The lowest BCUT2D eigenvalue weighted by Gasteiger charge is -2.31. The summed E-state index contributed by atoms with van der Waals surface area (Å²) in [6, 6.07) is 17.2. The van der Waals surface area contributed by atoms with E-state index in [1.807, 2.05) is 54.6 Å². The summed E-state index contributed by atoms with van der Waals surface area (Å²) in [5, 5.41) is 12.4. The van der Waals surface area contributed by atoms with Gasteiger partial charge in [0, 0.05) is 35.8 Å². The first kappa shape index (κ1) is 19.3. The Kier molecular flexibility index (Phi) is 6.00. The fraction of sp³-hybridized carbons (Fsp3) is 0.273. The summed E-state index contributed by atoms with van der Waals surface area (Å²) in [5.41, 5.74) is 2.67. The quantitative estimate of drug-likeness (QED) is 0.697. The third-order valence-corrected chi connectivity index (χ3v) is 5.40. The number of piperidine rings is 1. The van der Waals surface area contributed by atoms with Crippen LogP contribution in [0, 0.1) is 5.92 Å². The molecule has 0 bridgehead atoms. The Balaban J connectivity index is 1.30. The van der Waals surface area contributed by atoms with Crippen LogP contribution in [0.3, 0.4) is 0 Å². The second-order valence-corrected chi connectivity index (χ2v) is 7.52. The van der Waals surface area contributed by atoms with E-state index in [0.717, 1.165) is 48.7 Å². The van der Waals surface area contributed by atoms with Gasteiger partial charge in [0.2, 0.25) is 5.91 Å². The van der Waals surface area contributed by atoms with Crippen molar-refractivity contribution in [3.63, 3.8) is 0 Å². The summed E-state index contributed by atoms with van der Waals surface area (Å²) >= 11 is 5.94. The maximum Gasteiger partial charge on any atom is 0.223 e. The van der Waals surface area contributed by atoms with Crippen molar-refractivity contribution in [2.45, 2.75) is 19.4 Å². The average Bonchev–Trinajstić information content (AvgIpc) is 2.79. The van der Waals surface area contributed by atoms with Crippen LogP contribution in [0.15, 0.2) is 60.8 Å². The fourth-order valence-corrected chi connectivity index (χ4v) is 3.59. The molecular weight excluding hydrogens is 386 g/mol. The van der Waals surface area contributed by atoms with Gasteiger partial charge in [0.1, 0.15) is 0 Å². The maximum absolute atomic E-state index is 12.4. The minimum Gasteiger partial charge on any atom is -0.355 e. The molecule has 1 fully saturated rings. The van der Waals surface area contributed by atoms with Crippen LogP contribution in [0.2, 0.25) is 5.02 Å². The van der Waals surface area contributed by atoms with Gasteiger partial charge >= 0.3 is 0 Å². The molecule has 148 valence electrons. The average molecular weight is 408 g/mol. The Labute approximate surface area is 174 Å². The molecule has 1 N–H and O–H groups in total. The van der Waals surface area contributed by atoms with Crippen LogP contribution in [0.5, 0.6) is 0 Å². The van der Waals surface area contributed by atoms with Crippen LogP contribution in [-0.2, 0) is 11.3 Å². The van der Waals surface area contributed by atoms with Gasteiger partial charge in [-0.1, -0.05) is 29.8 Å². The molecule has 0 unspecified atom stereocenters. The lowest BCUT2D eigenvalue weighted by atomic mass is 9.96. The highest BCUT2D eigenvalue weighted by atomic mass is 35.5. The van der Waals surface area contributed by atoms with Crippen molar-refractivity contribution in [3.8, 4) is 11.3 Å². The third-order valence-electron chi connectivity index (χ3n) is 5.15. The number of aromatic nitrogens is 3. The number of pyridine rings is 1. The smallest absolute Gasteiger partial charge is 0.223 e. The summed E-state index contributed by atoms with van der Waals surface area (Å²) < 4.78 is 0. The van der Waals surface area contributed by atoms with Gasteiger partial charge in [-0.3, -0.25) is 9.78 Å². The molecule has 4 rings (SSSR count). The van der Waals surface area contributed by atoms with Gasteiger partial charge in [-0.15, -0.1) is 10.2 Å². The van der Waals surface area contributed by atoms with E-state index in [1.54, 1.807) is 6.20 Å². The predicted octanol–water partition coefficient (Wildman–Crippen LogP) is 3.72. The van der Waals surface area contributed by atoms with Gasteiger partial charge in [-0.2, -0.15) is 0 Å². The van der Waals surface area contributed by atoms with Gasteiger partial charge in [-0.25, -0.2) is 0 Å². The zero-order chi connectivity index (χ0) is 20.1. The van der Waals surface area contributed by atoms with E-state index in [4.69, 9.17) is 11.6 Å². The first-order valence-electron chi connectivity index (χ1n) is 9.71. The highest BCUT2D eigenvalue weighted by Gasteiger charge is 2.25. The number of hydrogen-bond acceptors (Lipinski definition) is 5. The predicted molar refractivity (Wildman–Crippen MR) is 113 cm³/mol. The number of hydrogen-bond donors (Lipinski definition) is 1. The molecule has 0 saturated carbocycles. The number of halogens is 1. The molecule has 3 heterocycles. The molecule has 1 saturated heterocycles.